The Morgan fingerprint density at radius 3 is 2.03 bits per heavy atom. The number of imide groups is 1. The molecule has 0 saturated carbocycles. The number of carbonyl (C=O) groups excluding carboxylic acids is 2. The van der Waals surface area contributed by atoms with Crippen LogP contribution in [-0.2, 0) is 15.0 Å². The van der Waals surface area contributed by atoms with Crippen LogP contribution in [0, 0.1) is 11.8 Å². The van der Waals surface area contributed by atoms with Crippen LogP contribution in [0.15, 0.2) is 72.8 Å². The van der Waals surface area contributed by atoms with Gasteiger partial charge in [-0.1, -0.05) is 48.5 Å². The lowest BCUT2D eigenvalue weighted by Crippen LogP contribution is -2.58. The molecular weight excluding hydrogens is 414 g/mol. The molecule has 1 fully saturated rings. The van der Waals surface area contributed by atoms with Crippen LogP contribution in [-0.4, -0.2) is 29.6 Å². The molecule has 2 amide bonds. The van der Waals surface area contributed by atoms with E-state index >= 15 is 0 Å². The summed E-state index contributed by atoms with van der Waals surface area (Å²) in [6, 6.07) is 23.0. The number of aliphatic hydroxyl groups is 1. The second-order valence-electron chi connectivity index (χ2n) is 9.14. The lowest BCUT2D eigenvalue weighted by molar-refractivity contribution is -0.126. The van der Waals surface area contributed by atoms with Crippen molar-refractivity contribution in [1.82, 2.24) is 0 Å². The molecule has 166 valence electrons. The second-order valence-corrected chi connectivity index (χ2v) is 9.14. The number of nitrogens with zero attached hydrogens (tertiary/aromatic N) is 1. The van der Waals surface area contributed by atoms with Crippen LogP contribution < -0.4 is 9.64 Å². The summed E-state index contributed by atoms with van der Waals surface area (Å²) in [6.07, 6.45) is -0.856. The summed E-state index contributed by atoms with van der Waals surface area (Å²) in [4.78, 5) is 29.3. The van der Waals surface area contributed by atoms with E-state index in [2.05, 4.69) is 0 Å². The molecule has 3 atom stereocenters. The highest BCUT2D eigenvalue weighted by atomic mass is 16.5. The van der Waals surface area contributed by atoms with Crippen molar-refractivity contribution in [2.45, 2.75) is 31.3 Å². The van der Waals surface area contributed by atoms with Crippen LogP contribution >= 0.6 is 0 Å². The number of benzene rings is 3. The molecule has 3 aromatic carbocycles. The van der Waals surface area contributed by atoms with Gasteiger partial charge >= 0.3 is 0 Å². The molecule has 1 saturated heterocycles. The maximum absolute atomic E-state index is 14.0. The number of hydrogen-bond acceptors (Lipinski definition) is 4. The molecule has 0 radical (unpaired) electrons. The second kappa shape index (κ2) is 7.03. The Morgan fingerprint density at radius 2 is 1.48 bits per heavy atom. The number of aliphatic hydroxyl groups excluding tert-OH is 1. The first-order valence-corrected chi connectivity index (χ1v) is 11.5. The lowest BCUT2D eigenvalue weighted by atomic mass is 9.46. The van der Waals surface area contributed by atoms with Gasteiger partial charge in [0.2, 0.25) is 11.8 Å². The van der Waals surface area contributed by atoms with E-state index in [9.17, 15) is 14.7 Å². The van der Waals surface area contributed by atoms with Crippen molar-refractivity contribution in [1.29, 1.82) is 0 Å². The third-order valence-electron chi connectivity index (χ3n) is 7.75. The molecule has 33 heavy (non-hydrogen) atoms. The van der Waals surface area contributed by atoms with Gasteiger partial charge in [0.25, 0.3) is 0 Å². The van der Waals surface area contributed by atoms with Crippen molar-refractivity contribution >= 4 is 17.5 Å². The normalized spacial score (nSPS) is 27.7. The number of hydrogen-bond donors (Lipinski definition) is 1. The first-order valence-electron chi connectivity index (χ1n) is 11.5. The zero-order chi connectivity index (χ0) is 22.9. The van der Waals surface area contributed by atoms with E-state index < -0.39 is 23.4 Å². The van der Waals surface area contributed by atoms with E-state index in [0.29, 0.717) is 18.0 Å². The number of ether oxygens (including phenoxy) is 1. The summed E-state index contributed by atoms with van der Waals surface area (Å²) in [5, 5.41) is 11.4. The fourth-order valence-electron chi connectivity index (χ4n) is 6.65. The fraction of sp³-hybridized carbons (Fsp3) is 0.286. The van der Waals surface area contributed by atoms with Crippen molar-refractivity contribution in [2.75, 3.05) is 11.5 Å². The molecule has 0 aromatic heterocycles. The first-order chi connectivity index (χ1) is 16.0. The molecule has 1 aliphatic heterocycles. The highest BCUT2D eigenvalue weighted by molar-refractivity contribution is 6.23. The molecular formula is C28H25NO4. The predicted octanol–water partition coefficient (Wildman–Crippen LogP) is 4.02. The third kappa shape index (κ3) is 2.40. The largest absolute Gasteiger partial charge is 0.494 e. The van der Waals surface area contributed by atoms with Crippen molar-refractivity contribution in [3.8, 4) is 5.75 Å². The maximum Gasteiger partial charge on any atom is 0.239 e. The molecule has 3 unspecified atom stereocenters. The Kier molecular flexibility index (Phi) is 4.30. The van der Waals surface area contributed by atoms with Crippen molar-refractivity contribution in [3.63, 3.8) is 0 Å². The first kappa shape index (κ1) is 20.2. The highest BCUT2D eigenvalue weighted by Gasteiger charge is 2.69. The molecule has 5 heteroatoms. The summed E-state index contributed by atoms with van der Waals surface area (Å²) in [7, 11) is 0. The standard InChI is InChI=1S/C28H25NO4/c1-3-33-18-14-12-17(13-15-18)29-26(31)24-23-19-8-4-6-10-21(19)28(16(2)30,25(24)27(29)32)22-11-7-5-9-20(22)23/h4-16,23-25,30H,3H2,1-2H3. The topological polar surface area (TPSA) is 66.8 Å². The van der Waals surface area contributed by atoms with Gasteiger partial charge < -0.3 is 9.84 Å². The molecule has 4 aliphatic rings. The van der Waals surface area contributed by atoms with Crippen LogP contribution in [0.3, 0.4) is 0 Å². The quantitative estimate of drug-likeness (QED) is 0.624. The summed E-state index contributed by atoms with van der Waals surface area (Å²) in [5.74, 6) is -1.18. The van der Waals surface area contributed by atoms with Crippen LogP contribution in [0.1, 0.15) is 42.0 Å². The Morgan fingerprint density at radius 1 is 0.909 bits per heavy atom. The molecule has 1 heterocycles. The van der Waals surface area contributed by atoms with E-state index in [1.165, 1.54) is 4.90 Å². The van der Waals surface area contributed by atoms with Gasteiger partial charge in [-0.2, -0.15) is 0 Å². The maximum atomic E-state index is 14.0. The predicted molar refractivity (Wildman–Crippen MR) is 124 cm³/mol. The fourth-order valence-corrected chi connectivity index (χ4v) is 6.65. The number of carbonyl (C=O) groups is 2. The molecule has 5 nitrogen and oxygen atoms in total. The van der Waals surface area contributed by atoms with Gasteiger partial charge in [-0.3, -0.25) is 9.59 Å². The zero-order valence-electron chi connectivity index (χ0n) is 18.6. The van der Waals surface area contributed by atoms with Crippen molar-refractivity contribution < 1.29 is 19.4 Å². The van der Waals surface area contributed by atoms with Gasteiger partial charge in [0.05, 0.1) is 35.6 Å². The van der Waals surface area contributed by atoms with Crippen LogP contribution in [0.25, 0.3) is 0 Å². The zero-order valence-corrected chi connectivity index (χ0v) is 18.6. The summed E-state index contributed by atoms with van der Waals surface area (Å²) in [6.45, 7) is 4.19. The number of amides is 2. The van der Waals surface area contributed by atoms with Crippen LogP contribution in [0.4, 0.5) is 5.69 Å². The van der Waals surface area contributed by atoms with E-state index in [1.54, 1.807) is 31.2 Å². The number of anilines is 1. The molecule has 3 aliphatic carbocycles. The van der Waals surface area contributed by atoms with Gasteiger partial charge in [0, 0.05) is 5.92 Å². The number of rotatable bonds is 4. The molecule has 1 N–H and O–H groups in total. The summed E-state index contributed by atoms with van der Waals surface area (Å²) >= 11 is 0. The molecule has 7 rings (SSSR count). The van der Waals surface area contributed by atoms with E-state index in [0.717, 1.165) is 22.3 Å². The van der Waals surface area contributed by atoms with Gasteiger partial charge in [-0.05, 0) is 60.4 Å². The molecule has 2 bridgehead atoms. The Hall–Kier alpha value is -3.44. The lowest BCUT2D eigenvalue weighted by Gasteiger charge is -2.55. The van der Waals surface area contributed by atoms with Crippen molar-refractivity contribution in [3.05, 3.63) is 95.1 Å². The SMILES string of the molecule is CCOc1ccc(N2C(=O)C3C4c5ccccc5C(C(C)O)(c5ccccc54)C3C2=O)cc1. The van der Waals surface area contributed by atoms with Gasteiger partial charge in [-0.15, -0.1) is 0 Å². The monoisotopic (exact) mass is 439 g/mol. The summed E-state index contributed by atoms with van der Waals surface area (Å²) < 4.78 is 5.53. The van der Waals surface area contributed by atoms with E-state index in [-0.39, 0.29) is 17.7 Å². The molecule has 0 spiro atoms. The van der Waals surface area contributed by atoms with Crippen LogP contribution in [0.5, 0.6) is 5.75 Å². The van der Waals surface area contributed by atoms with E-state index in [1.807, 2.05) is 55.5 Å². The Balaban J connectivity index is 1.58. The van der Waals surface area contributed by atoms with Crippen LogP contribution in [0.2, 0.25) is 0 Å². The van der Waals surface area contributed by atoms with Gasteiger partial charge in [0.1, 0.15) is 5.75 Å². The minimum Gasteiger partial charge on any atom is -0.494 e. The van der Waals surface area contributed by atoms with E-state index in [4.69, 9.17) is 4.74 Å². The molecule has 3 aromatic rings. The third-order valence-corrected chi connectivity index (χ3v) is 7.75. The smallest absolute Gasteiger partial charge is 0.239 e. The Labute approximate surface area is 192 Å². The van der Waals surface area contributed by atoms with Gasteiger partial charge in [-0.25, -0.2) is 4.90 Å². The minimum absolute atomic E-state index is 0.201. The minimum atomic E-state index is -0.973. The highest BCUT2D eigenvalue weighted by Crippen LogP contribution is 2.65. The van der Waals surface area contributed by atoms with Crippen molar-refractivity contribution in [2.24, 2.45) is 11.8 Å². The summed E-state index contributed by atoms with van der Waals surface area (Å²) in [5.41, 5.74) is 3.55. The average Bonchev–Trinajstić information content (AvgIpc) is 3.10. The Bertz CT molecular complexity index is 1230. The average molecular weight is 440 g/mol. The van der Waals surface area contributed by atoms with Gasteiger partial charge in [0.15, 0.2) is 0 Å².